The van der Waals surface area contributed by atoms with E-state index in [0.29, 0.717) is 27.6 Å². The Morgan fingerprint density at radius 3 is 2.32 bits per heavy atom. The van der Waals surface area contributed by atoms with Gasteiger partial charge in [-0.2, -0.15) is 8.78 Å². The number of halogens is 3. The van der Waals surface area contributed by atoms with Crippen molar-refractivity contribution in [2.24, 2.45) is 0 Å². The molecule has 0 aliphatic carbocycles. The van der Waals surface area contributed by atoms with E-state index in [1.165, 1.54) is 25.0 Å². The maximum absolute atomic E-state index is 15.3. The van der Waals surface area contributed by atoms with Crippen LogP contribution in [0, 0.1) is 0 Å². The second-order valence-corrected chi connectivity index (χ2v) is 11.0. The molecule has 0 aromatic heterocycles. The standard InChI is InChI=1S/C22H24B6ClF2N3O4/c23-11-7-10-14(17(25)33(19(10)37)12-5-6-13(35)32-18(12)36)16(24)15(11)22(26,27)34(28)20(38)21(30,31)8-1-3-9(29)4-2-8/h1-4,7,12,17H,5-6,23-28H2,(H,32,35,36). The zero-order valence-corrected chi connectivity index (χ0v) is 22.9. The molecule has 4 amide bonds. The van der Waals surface area contributed by atoms with E-state index < -0.39 is 40.6 Å². The lowest BCUT2D eigenvalue weighted by atomic mass is 9.50. The van der Waals surface area contributed by atoms with Crippen molar-refractivity contribution in [2.45, 2.75) is 36.1 Å². The Balaban J connectivity index is 1.72. The van der Waals surface area contributed by atoms with E-state index in [9.17, 15) is 19.2 Å². The van der Waals surface area contributed by atoms with Crippen molar-refractivity contribution < 1.29 is 28.0 Å². The molecule has 0 bridgehead atoms. The Labute approximate surface area is 229 Å². The lowest BCUT2D eigenvalue weighted by molar-refractivity contribution is -0.155. The highest BCUT2D eigenvalue weighted by molar-refractivity contribution is 6.50. The smallest absolute Gasteiger partial charge is 0.348 e. The molecule has 0 radical (unpaired) electrons. The SMILES string of the molecule is Bc1cc2c(c(B)c1C(B)(B)N(B)C(=O)C(F)(F)c1ccc(Cl)cc1)C(B)N(C1CCC(=O)NC1=O)C2=O. The summed E-state index contributed by atoms with van der Waals surface area (Å²) in [6.45, 7) is 0. The molecule has 2 heterocycles. The third-order valence-electron chi connectivity index (χ3n) is 7.90. The number of benzene rings is 2. The highest BCUT2D eigenvalue weighted by atomic mass is 35.5. The Kier molecular flexibility index (Phi) is 7.14. The number of nitrogens with one attached hydrogen (secondary N) is 1. The minimum absolute atomic E-state index is 0.133. The number of amides is 4. The first-order valence-electron chi connectivity index (χ1n) is 12.3. The molecule has 2 aromatic carbocycles. The summed E-state index contributed by atoms with van der Waals surface area (Å²) in [4.78, 5) is 53.3. The van der Waals surface area contributed by atoms with E-state index in [0.717, 1.165) is 16.9 Å². The lowest BCUT2D eigenvalue weighted by Crippen LogP contribution is -2.57. The Morgan fingerprint density at radius 1 is 1.13 bits per heavy atom. The van der Waals surface area contributed by atoms with Crippen LogP contribution in [-0.4, -0.2) is 86.6 Å². The lowest BCUT2D eigenvalue weighted by Gasteiger charge is -2.42. The quantitative estimate of drug-likeness (QED) is 0.310. The fourth-order valence-electron chi connectivity index (χ4n) is 5.88. The van der Waals surface area contributed by atoms with Crippen LogP contribution in [0.15, 0.2) is 30.3 Å². The predicted octanol–water partition coefficient (Wildman–Crippen LogP) is -4.71. The summed E-state index contributed by atoms with van der Waals surface area (Å²) < 4.78 is 30.6. The summed E-state index contributed by atoms with van der Waals surface area (Å²) >= 11 is 5.83. The van der Waals surface area contributed by atoms with Gasteiger partial charge >= 0.3 is 5.92 Å². The number of imide groups is 1. The van der Waals surface area contributed by atoms with Crippen LogP contribution in [0.1, 0.15) is 45.8 Å². The van der Waals surface area contributed by atoms with E-state index in [1.54, 1.807) is 45.3 Å². The summed E-state index contributed by atoms with van der Waals surface area (Å²) in [5, 5.41) is 1.40. The predicted molar refractivity (Wildman–Crippen MR) is 156 cm³/mol. The van der Waals surface area contributed by atoms with Gasteiger partial charge in [0.2, 0.25) is 19.8 Å². The maximum atomic E-state index is 15.3. The normalized spacial score (nSPS) is 19.8. The van der Waals surface area contributed by atoms with E-state index in [4.69, 9.17) is 11.6 Å². The molecule has 0 spiro atoms. The minimum atomic E-state index is -3.79. The molecule has 1 N–H and O–H groups in total. The first-order valence-corrected chi connectivity index (χ1v) is 12.7. The summed E-state index contributed by atoms with van der Waals surface area (Å²) in [6.07, 6.45) is 0.358. The van der Waals surface area contributed by atoms with E-state index in [1.807, 2.05) is 0 Å². The van der Waals surface area contributed by atoms with Crippen molar-refractivity contribution in [1.29, 1.82) is 0 Å². The molecular weight excluding hydrogens is 509 g/mol. The third kappa shape index (κ3) is 4.38. The molecule has 2 aromatic rings. The molecule has 1 saturated heterocycles. The molecule has 0 saturated carbocycles. The number of carbonyl (C=O) groups is 4. The van der Waals surface area contributed by atoms with Gasteiger partial charge in [-0.25, -0.2) is 0 Å². The maximum Gasteiger partial charge on any atom is 0.348 e. The second-order valence-electron chi connectivity index (χ2n) is 10.5. The number of hydrogen-bond donors (Lipinski definition) is 1. The van der Waals surface area contributed by atoms with Crippen molar-refractivity contribution in [3.05, 3.63) is 57.6 Å². The molecule has 1 fully saturated rings. The van der Waals surface area contributed by atoms with Gasteiger partial charge in [0.15, 0.2) is 0 Å². The summed E-state index contributed by atoms with van der Waals surface area (Å²) in [5.41, 5.74) is 2.64. The highest BCUT2D eigenvalue weighted by Gasteiger charge is 2.48. The van der Waals surface area contributed by atoms with Gasteiger partial charge in [0, 0.05) is 28.5 Å². The van der Waals surface area contributed by atoms with E-state index >= 15 is 8.78 Å². The van der Waals surface area contributed by atoms with Crippen LogP contribution in [0.5, 0.6) is 0 Å². The topological polar surface area (TPSA) is 86.8 Å². The first-order chi connectivity index (χ1) is 17.6. The van der Waals surface area contributed by atoms with Gasteiger partial charge in [-0.1, -0.05) is 46.3 Å². The van der Waals surface area contributed by atoms with Gasteiger partial charge in [-0.15, -0.1) is 0 Å². The summed E-state index contributed by atoms with van der Waals surface area (Å²) in [7, 11) is 10.1. The van der Waals surface area contributed by atoms with Gasteiger partial charge in [0.25, 0.3) is 11.8 Å². The fourth-order valence-corrected chi connectivity index (χ4v) is 6.01. The summed E-state index contributed by atoms with van der Waals surface area (Å²) in [6, 6.07) is 5.78. The van der Waals surface area contributed by atoms with Crippen molar-refractivity contribution in [1.82, 2.24) is 15.0 Å². The molecule has 2 aliphatic heterocycles. The highest BCUT2D eigenvalue weighted by Crippen LogP contribution is 2.37. The molecule has 4 rings (SSSR count). The molecule has 7 nitrogen and oxygen atoms in total. The van der Waals surface area contributed by atoms with Crippen LogP contribution >= 0.6 is 11.6 Å². The second kappa shape index (κ2) is 9.67. The average Bonchev–Trinajstić information content (AvgIpc) is 3.08. The number of rotatable bonds is 5. The zero-order chi connectivity index (χ0) is 28.3. The fraction of sp³-hybridized carbons (Fsp3) is 0.273. The molecule has 2 atom stereocenters. The van der Waals surface area contributed by atoms with Gasteiger partial charge in [0.05, 0.1) is 0 Å². The third-order valence-corrected chi connectivity index (χ3v) is 8.15. The van der Waals surface area contributed by atoms with Crippen LogP contribution < -0.4 is 16.2 Å². The Bertz CT molecular complexity index is 1380. The minimum Gasteiger partial charge on any atom is -0.393 e. The van der Waals surface area contributed by atoms with Crippen molar-refractivity contribution in [3.8, 4) is 0 Å². The Hall–Kier alpha value is -2.94. The number of carbonyl (C=O) groups excluding carboxylic acids is 4. The monoisotopic (exact) mass is 533 g/mol. The van der Waals surface area contributed by atoms with Crippen molar-refractivity contribution >= 4 is 93.4 Å². The molecule has 190 valence electrons. The van der Waals surface area contributed by atoms with Gasteiger partial charge in [-0.3, -0.25) is 24.5 Å². The molecule has 38 heavy (non-hydrogen) atoms. The van der Waals surface area contributed by atoms with Gasteiger partial charge in [0.1, 0.15) is 45.3 Å². The number of hydrogen-bond acceptors (Lipinski definition) is 4. The van der Waals surface area contributed by atoms with Crippen molar-refractivity contribution in [3.63, 3.8) is 0 Å². The van der Waals surface area contributed by atoms with Crippen LogP contribution in [-0.2, 0) is 25.6 Å². The number of piperidine rings is 1. The van der Waals surface area contributed by atoms with E-state index in [-0.39, 0.29) is 29.7 Å². The largest absolute Gasteiger partial charge is 0.393 e. The molecule has 2 aliphatic rings. The van der Waals surface area contributed by atoms with Gasteiger partial charge < -0.3 is 9.71 Å². The van der Waals surface area contributed by atoms with Crippen LogP contribution in [0.3, 0.4) is 0 Å². The first kappa shape index (κ1) is 28.1. The molecule has 16 heteroatoms. The average molecular weight is 533 g/mol. The Morgan fingerprint density at radius 2 is 1.74 bits per heavy atom. The molecular formula is C22H24B6ClF2N3O4. The number of nitrogens with zero attached hydrogens (tertiary/aromatic N) is 2. The zero-order valence-electron chi connectivity index (χ0n) is 22.1. The van der Waals surface area contributed by atoms with Crippen LogP contribution in [0.2, 0.25) is 5.02 Å². The van der Waals surface area contributed by atoms with Crippen molar-refractivity contribution in [2.75, 3.05) is 0 Å². The van der Waals surface area contributed by atoms with Crippen LogP contribution in [0.4, 0.5) is 8.78 Å². The van der Waals surface area contributed by atoms with Gasteiger partial charge in [-0.05, 0) is 29.5 Å². The van der Waals surface area contributed by atoms with Crippen LogP contribution in [0.25, 0.3) is 0 Å². The summed E-state index contributed by atoms with van der Waals surface area (Å²) in [5.74, 6) is -6.87. The number of alkyl halides is 2. The number of fused-ring (bicyclic) bond motifs is 1. The molecule has 2 unspecified atom stereocenters. The van der Waals surface area contributed by atoms with E-state index in [2.05, 4.69) is 5.32 Å².